The predicted octanol–water partition coefficient (Wildman–Crippen LogP) is 1.82. The molecule has 0 unspecified atom stereocenters. The first-order chi connectivity index (χ1) is 12.8. The van der Waals surface area contributed by atoms with Gasteiger partial charge in [0.25, 0.3) is 0 Å². The number of nitrogens with zero attached hydrogens (tertiary/aromatic N) is 3. The van der Waals surface area contributed by atoms with Crippen molar-refractivity contribution in [3.8, 4) is 0 Å². The Bertz CT molecular complexity index is 899. The standard InChI is InChI=1S/C17H18ClFN4O3S/c18-16-6-5-15(11-20-16)27(25,26)23-9-7-22(8-10-23)12-17(24)21-14-3-1-13(19)2-4-14/h1-6,11H,7-10,12H2,(H,21,24). The molecule has 144 valence electrons. The van der Waals surface area contributed by atoms with E-state index in [1.807, 2.05) is 4.90 Å². The number of hydrogen-bond donors (Lipinski definition) is 1. The molecule has 27 heavy (non-hydrogen) atoms. The van der Waals surface area contributed by atoms with E-state index in [-0.39, 0.29) is 41.4 Å². The maximum atomic E-state index is 12.9. The van der Waals surface area contributed by atoms with E-state index in [1.165, 1.54) is 46.9 Å². The SMILES string of the molecule is O=C(CN1CCN(S(=O)(=O)c2ccc(Cl)nc2)CC1)Nc1ccc(F)cc1. The molecule has 1 saturated heterocycles. The highest BCUT2D eigenvalue weighted by Gasteiger charge is 2.29. The highest BCUT2D eigenvalue weighted by molar-refractivity contribution is 7.89. The van der Waals surface area contributed by atoms with Crippen LogP contribution in [0.5, 0.6) is 0 Å². The highest BCUT2D eigenvalue weighted by atomic mass is 35.5. The Hall–Kier alpha value is -2.07. The number of carbonyl (C=O) groups is 1. The van der Waals surface area contributed by atoms with Crippen LogP contribution in [0.25, 0.3) is 0 Å². The van der Waals surface area contributed by atoms with Crippen LogP contribution in [-0.2, 0) is 14.8 Å². The average molecular weight is 413 g/mol. The molecular weight excluding hydrogens is 395 g/mol. The molecule has 0 atom stereocenters. The molecule has 1 N–H and O–H groups in total. The van der Waals surface area contributed by atoms with Crippen molar-refractivity contribution in [1.29, 1.82) is 0 Å². The monoisotopic (exact) mass is 412 g/mol. The molecule has 1 aliphatic rings. The molecule has 0 aliphatic carbocycles. The molecule has 0 saturated carbocycles. The number of amides is 1. The van der Waals surface area contributed by atoms with Gasteiger partial charge in [-0.2, -0.15) is 4.31 Å². The first-order valence-corrected chi connectivity index (χ1v) is 10.1. The minimum Gasteiger partial charge on any atom is -0.325 e. The number of aromatic nitrogens is 1. The zero-order chi connectivity index (χ0) is 19.4. The number of pyridine rings is 1. The van der Waals surface area contributed by atoms with Crippen LogP contribution in [0.1, 0.15) is 0 Å². The molecule has 3 rings (SSSR count). The lowest BCUT2D eigenvalue weighted by Crippen LogP contribution is -2.50. The van der Waals surface area contributed by atoms with E-state index in [4.69, 9.17) is 11.6 Å². The first-order valence-electron chi connectivity index (χ1n) is 8.24. The van der Waals surface area contributed by atoms with Crippen molar-refractivity contribution in [3.63, 3.8) is 0 Å². The topological polar surface area (TPSA) is 82.6 Å². The second kappa shape index (κ2) is 8.30. The number of halogens is 2. The van der Waals surface area contributed by atoms with Gasteiger partial charge in [-0.3, -0.25) is 9.69 Å². The van der Waals surface area contributed by atoms with Gasteiger partial charge in [-0.05, 0) is 36.4 Å². The quantitative estimate of drug-likeness (QED) is 0.757. The Morgan fingerprint density at radius 3 is 2.37 bits per heavy atom. The van der Waals surface area contributed by atoms with Gasteiger partial charge in [0.1, 0.15) is 15.9 Å². The fourth-order valence-electron chi connectivity index (χ4n) is 2.73. The number of anilines is 1. The Morgan fingerprint density at radius 1 is 1.11 bits per heavy atom. The molecule has 2 aromatic rings. The Balaban J connectivity index is 1.53. The van der Waals surface area contributed by atoms with Gasteiger partial charge >= 0.3 is 0 Å². The fraction of sp³-hybridized carbons (Fsp3) is 0.294. The smallest absolute Gasteiger partial charge is 0.244 e. The van der Waals surface area contributed by atoms with Crippen LogP contribution >= 0.6 is 11.6 Å². The number of carbonyl (C=O) groups excluding carboxylic acids is 1. The summed E-state index contributed by atoms with van der Waals surface area (Å²) in [5, 5.41) is 2.92. The summed E-state index contributed by atoms with van der Waals surface area (Å²) < 4.78 is 39.5. The van der Waals surface area contributed by atoms with Gasteiger partial charge in [0.2, 0.25) is 15.9 Å². The molecule has 0 spiro atoms. The van der Waals surface area contributed by atoms with Crippen LogP contribution in [-0.4, -0.2) is 61.2 Å². The summed E-state index contributed by atoms with van der Waals surface area (Å²) in [6.45, 7) is 1.53. The van der Waals surface area contributed by atoms with Crippen molar-refractivity contribution < 1.29 is 17.6 Å². The van der Waals surface area contributed by atoms with Crippen LogP contribution in [0.4, 0.5) is 10.1 Å². The molecule has 1 fully saturated rings. The maximum Gasteiger partial charge on any atom is 0.244 e. The van der Waals surface area contributed by atoms with Crippen molar-refractivity contribution in [2.45, 2.75) is 4.90 Å². The summed E-state index contributed by atoms with van der Waals surface area (Å²) in [7, 11) is -3.63. The van der Waals surface area contributed by atoms with Crippen molar-refractivity contribution in [1.82, 2.24) is 14.2 Å². The Labute approximate surface area is 161 Å². The zero-order valence-corrected chi connectivity index (χ0v) is 15.9. The van der Waals surface area contributed by atoms with Gasteiger partial charge in [-0.15, -0.1) is 0 Å². The van der Waals surface area contributed by atoms with Crippen LogP contribution in [0.2, 0.25) is 5.15 Å². The van der Waals surface area contributed by atoms with Gasteiger partial charge < -0.3 is 5.32 Å². The summed E-state index contributed by atoms with van der Waals surface area (Å²) in [6.07, 6.45) is 1.24. The molecule has 1 aromatic heterocycles. The van der Waals surface area contributed by atoms with E-state index < -0.39 is 10.0 Å². The third-order valence-corrected chi connectivity index (χ3v) is 6.27. The highest BCUT2D eigenvalue weighted by Crippen LogP contribution is 2.18. The molecule has 1 aliphatic heterocycles. The van der Waals surface area contributed by atoms with Gasteiger partial charge in [-0.25, -0.2) is 17.8 Å². The molecule has 0 radical (unpaired) electrons. The van der Waals surface area contributed by atoms with E-state index in [9.17, 15) is 17.6 Å². The fourth-order valence-corrected chi connectivity index (χ4v) is 4.21. The summed E-state index contributed by atoms with van der Waals surface area (Å²) in [5.41, 5.74) is 0.512. The summed E-state index contributed by atoms with van der Waals surface area (Å²) in [4.78, 5) is 17.9. The number of benzene rings is 1. The first kappa shape index (κ1) is 19.7. The predicted molar refractivity (Wildman–Crippen MR) is 99.5 cm³/mol. The van der Waals surface area contributed by atoms with Gasteiger partial charge in [0, 0.05) is 38.1 Å². The zero-order valence-electron chi connectivity index (χ0n) is 14.3. The van der Waals surface area contributed by atoms with Crippen molar-refractivity contribution in [2.75, 3.05) is 38.0 Å². The molecule has 0 bridgehead atoms. The van der Waals surface area contributed by atoms with E-state index >= 15 is 0 Å². The van der Waals surface area contributed by atoms with E-state index in [1.54, 1.807) is 0 Å². The van der Waals surface area contributed by atoms with E-state index in [0.717, 1.165) is 0 Å². The molecule has 1 amide bonds. The van der Waals surface area contributed by atoms with E-state index in [0.29, 0.717) is 18.8 Å². The summed E-state index contributed by atoms with van der Waals surface area (Å²) >= 11 is 5.70. The summed E-state index contributed by atoms with van der Waals surface area (Å²) in [5.74, 6) is -0.610. The van der Waals surface area contributed by atoms with Crippen LogP contribution in [0.15, 0.2) is 47.5 Å². The number of rotatable bonds is 5. The lowest BCUT2D eigenvalue weighted by molar-refractivity contribution is -0.117. The van der Waals surface area contributed by atoms with Crippen molar-refractivity contribution >= 4 is 33.2 Å². The number of hydrogen-bond acceptors (Lipinski definition) is 5. The molecular formula is C17H18ClFN4O3S. The lowest BCUT2D eigenvalue weighted by Gasteiger charge is -2.33. The van der Waals surface area contributed by atoms with E-state index in [2.05, 4.69) is 10.3 Å². The maximum absolute atomic E-state index is 12.9. The van der Waals surface area contributed by atoms with Gasteiger partial charge in [-0.1, -0.05) is 11.6 Å². The summed E-state index contributed by atoms with van der Waals surface area (Å²) in [6, 6.07) is 8.36. The van der Waals surface area contributed by atoms with Gasteiger partial charge in [0.05, 0.1) is 6.54 Å². The lowest BCUT2D eigenvalue weighted by atomic mass is 10.3. The van der Waals surface area contributed by atoms with Crippen molar-refractivity contribution in [2.24, 2.45) is 0 Å². The number of nitrogens with one attached hydrogen (secondary N) is 1. The van der Waals surface area contributed by atoms with Crippen molar-refractivity contribution in [3.05, 3.63) is 53.6 Å². The largest absolute Gasteiger partial charge is 0.325 e. The second-order valence-electron chi connectivity index (χ2n) is 6.05. The molecule has 2 heterocycles. The third-order valence-electron chi connectivity index (χ3n) is 4.16. The average Bonchev–Trinajstić information content (AvgIpc) is 2.64. The molecule has 10 heteroatoms. The number of sulfonamides is 1. The van der Waals surface area contributed by atoms with Gasteiger partial charge in [0.15, 0.2) is 0 Å². The minimum atomic E-state index is -3.63. The Kier molecular flexibility index (Phi) is 6.05. The van der Waals surface area contributed by atoms with Crippen LogP contribution in [0.3, 0.4) is 0 Å². The molecule has 1 aromatic carbocycles. The van der Waals surface area contributed by atoms with Crippen LogP contribution < -0.4 is 5.32 Å². The normalized spacial score (nSPS) is 16.2. The molecule has 7 nitrogen and oxygen atoms in total. The minimum absolute atomic E-state index is 0.0920. The Morgan fingerprint density at radius 2 is 1.78 bits per heavy atom. The van der Waals surface area contributed by atoms with Crippen LogP contribution in [0, 0.1) is 5.82 Å². The number of piperazine rings is 1. The second-order valence-corrected chi connectivity index (χ2v) is 8.38. The third kappa shape index (κ3) is 5.01.